The number of piperidine rings is 1. The van der Waals surface area contributed by atoms with Crippen molar-refractivity contribution < 1.29 is 8.42 Å². The molecule has 0 aromatic heterocycles. The smallest absolute Gasteiger partial charge is 0.282 e. The minimum Gasteiger partial charge on any atom is -0.328 e. The fourth-order valence-electron chi connectivity index (χ4n) is 3.22. The summed E-state index contributed by atoms with van der Waals surface area (Å²) in [6.45, 7) is 8.15. The third-order valence-electron chi connectivity index (χ3n) is 4.57. The van der Waals surface area contributed by atoms with E-state index in [-0.39, 0.29) is 0 Å². The summed E-state index contributed by atoms with van der Waals surface area (Å²) in [6.07, 6.45) is 2.99. The zero-order valence-corrected chi connectivity index (χ0v) is 13.5. The fourth-order valence-corrected chi connectivity index (χ4v) is 4.89. The Hall–Kier alpha value is -0.210. The van der Waals surface area contributed by atoms with Crippen molar-refractivity contribution in [2.24, 2.45) is 5.73 Å². The molecule has 0 aromatic carbocycles. The van der Waals surface area contributed by atoms with E-state index in [9.17, 15) is 8.42 Å². The largest absolute Gasteiger partial charge is 0.328 e. The molecule has 2 N–H and O–H groups in total. The molecule has 20 heavy (non-hydrogen) atoms. The summed E-state index contributed by atoms with van der Waals surface area (Å²) in [4.78, 5) is 2.42. The lowest BCUT2D eigenvalue weighted by Crippen LogP contribution is -2.47. The van der Waals surface area contributed by atoms with E-state index in [1.54, 1.807) is 8.61 Å². The number of rotatable bonds is 5. The lowest BCUT2D eigenvalue weighted by atomic mass is 10.0. The van der Waals surface area contributed by atoms with Gasteiger partial charge in [-0.3, -0.25) is 4.90 Å². The summed E-state index contributed by atoms with van der Waals surface area (Å²) in [5.74, 6) is 0. The average molecular weight is 304 g/mol. The molecule has 0 radical (unpaired) electrons. The minimum absolute atomic E-state index is 0.322. The van der Waals surface area contributed by atoms with E-state index in [4.69, 9.17) is 5.73 Å². The predicted octanol–water partition coefficient (Wildman–Crippen LogP) is 0.0704. The first-order valence-electron chi connectivity index (χ1n) is 7.73. The van der Waals surface area contributed by atoms with Gasteiger partial charge in [-0.1, -0.05) is 13.8 Å². The fraction of sp³-hybridized carbons (Fsp3) is 1.00. The van der Waals surface area contributed by atoms with Crippen LogP contribution in [0.25, 0.3) is 0 Å². The Balaban J connectivity index is 1.95. The van der Waals surface area contributed by atoms with Crippen molar-refractivity contribution in [1.82, 2.24) is 13.5 Å². The molecule has 2 fully saturated rings. The average Bonchev–Trinajstić information content (AvgIpc) is 2.91. The normalized spacial score (nSPS) is 27.5. The van der Waals surface area contributed by atoms with Crippen molar-refractivity contribution in [3.05, 3.63) is 0 Å². The van der Waals surface area contributed by atoms with Gasteiger partial charge in [-0.25, -0.2) is 0 Å². The van der Waals surface area contributed by atoms with E-state index in [0.717, 1.165) is 32.4 Å². The third kappa shape index (κ3) is 3.33. The Labute approximate surface area is 123 Å². The second kappa shape index (κ2) is 6.70. The lowest BCUT2D eigenvalue weighted by Gasteiger charge is -2.34. The van der Waals surface area contributed by atoms with Crippen molar-refractivity contribution in [3.63, 3.8) is 0 Å². The summed E-state index contributed by atoms with van der Waals surface area (Å²) in [5.41, 5.74) is 5.93. The third-order valence-corrected chi connectivity index (χ3v) is 6.73. The van der Waals surface area contributed by atoms with Gasteiger partial charge in [-0.05, 0) is 32.4 Å². The van der Waals surface area contributed by atoms with Crippen molar-refractivity contribution in [1.29, 1.82) is 0 Å². The van der Waals surface area contributed by atoms with Crippen molar-refractivity contribution in [2.75, 3.05) is 39.3 Å². The van der Waals surface area contributed by atoms with Gasteiger partial charge < -0.3 is 5.73 Å². The second-order valence-corrected chi connectivity index (χ2v) is 7.69. The number of likely N-dealkylation sites (tertiary alicyclic amines) is 1. The molecule has 0 aromatic rings. The van der Waals surface area contributed by atoms with Crippen LogP contribution in [0.1, 0.15) is 33.1 Å². The van der Waals surface area contributed by atoms with E-state index in [1.807, 2.05) is 13.8 Å². The molecule has 0 saturated carbocycles. The van der Waals surface area contributed by atoms with E-state index in [1.165, 1.54) is 0 Å². The zero-order valence-electron chi connectivity index (χ0n) is 12.7. The predicted molar refractivity (Wildman–Crippen MR) is 80.6 cm³/mol. The van der Waals surface area contributed by atoms with Crippen LogP contribution in [-0.4, -0.2) is 73.3 Å². The van der Waals surface area contributed by atoms with Crippen LogP contribution in [0, 0.1) is 0 Å². The van der Waals surface area contributed by atoms with Crippen LogP contribution in [0.15, 0.2) is 0 Å². The maximum absolute atomic E-state index is 12.5. The molecule has 118 valence electrons. The number of hydrogen-bond donors (Lipinski definition) is 1. The second-order valence-electron chi connectivity index (χ2n) is 5.77. The highest BCUT2D eigenvalue weighted by Gasteiger charge is 2.37. The first-order chi connectivity index (χ1) is 9.48. The number of nitrogens with zero attached hydrogens (tertiary/aromatic N) is 3. The molecule has 0 aliphatic carbocycles. The van der Waals surface area contributed by atoms with E-state index in [2.05, 4.69) is 4.90 Å². The molecule has 1 unspecified atom stereocenters. The summed E-state index contributed by atoms with van der Waals surface area (Å²) in [5, 5.41) is 0. The van der Waals surface area contributed by atoms with Crippen LogP contribution in [0.4, 0.5) is 0 Å². The van der Waals surface area contributed by atoms with E-state index < -0.39 is 10.2 Å². The van der Waals surface area contributed by atoms with Crippen molar-refractivity contribution >= 4 is 10.2 Å². The van der Waals surface area contributed by atoms with Gasteiger partial charge in [0.2, 0.25) is 0 Å². The molecule has 2 saturated heterocycles. The summed E-state index contributed by atoms with van der Waals surface area (Å²) >= 11 is 0. The first-order valence-corrected chi connectivity index (χ1v) is 9.13. The Morgan fingerprint density at radius 2 is 1.70 bits per heavy atom. The number of nitrogens with two attached hydrogens (primary N) is 1. The monoisotopic (exact) mass is 304 g/mol. The Kier molecular flexibility index (Phi) is 5.42. The van der Waals surface area contributed by atoms with E-state index >= 15 is 0 Å². The highest BCUT2D eigenvalue weighted by Crippen LogP contribution is 2.23. The van der Waals surface area contributed by atoms with Gasteiger partial charge in [0, 0.05) is 38.3 Å². The number of hydrogen-bond acceptors (Lipinski definition) is 4. The quantitative estimate of drug-likeness (QED) is 0.780. The van der Waals surface area contributed by atoms with Crippen LogP contribution in [0.2, 0.25) is 0 Å². The van der Waals surface area contributed by atoms with E-state index in [0.29, 0.717) is 38.3 Å². The molecular weight excluding hydrogens is 276 g/mol. The van der Waals surface area contributed by atoms with Crippen LogP contribution in [-0.2, 0) is 10.2 Å². The maximum Gasteiger partial charge on any atom is 0.282 e. The summed E-state index contributed by atoms with van der Waals surface area (Å²) < 4.78 is 28.2. The van der Waals surface area contributed by atoms with Crippen LogP contribution >= 0.6 is 0 Å². The maximum atomic E-state index is 12.5. The molecule has 0 spiro atoms. The lowest BCUT2D eigenvalue weighted by molar-refractivity contribution is 0.158. The standard InChI is InChI=1S/C13H28N4O2S/c1-3-16(4-2)20(18,19)17-10-7-13(11-17)15-8-5-12(14)6-9-15/h12-13H,3-11,14H2,1-2H3. The Bertz CT molecular complexity index is 403. The van der Waals surface area contributed by atoms with Crippen LogP contribution in [0.5, 0.6) is 0 Å². The molecule has 2 aliphatic heterocycles. The Morgan fingerprint density at radius 3 is 2.25 bits per heavy atom. The van der Waals surface area contributed by atoms with Crippen molar-refractivity contribution in [3.8, 4) is 0 Å². The summed E-state index contributed by atoms with van der Waals surface area (Å²) in [6, 6.07) is 0.691. The molecule has 1 atom stereocenters. The topological polar surface area (TPSA) is 69.9 Å². The minimum atomic E-state index is -3.27. The molecule has 0 amide bonds. The highest BCUT2D eigenvalue weighted by molar-refractivity contribution is 7.86. The van der Waals surface area contributed by atoms with Crippen LogP contribution < -0.4 is 5.73 Å². The van der Waals surface area contributed by atoms with Gasteiger partial charge in [0.05, 0.1) is 0 Å². The van der Waals surface area contributed by atoms with Gasteiger partial charge in [-0.15, -0.1) is 0 Å². The SMILES string of the molecule is CCN(CC)S(=O)(=O)N1CCC(N2CCC(N)CC2)C1. The van der Waals surface area contributed by atoms with Gasteiger partial charge in [0.15, 0.2) is 0 Å². The van der Waals surface area contributed by atoms with Crippen LogP contribution in [0.3, 0.4) is 0 Å². The zero-order chi connectivity index (χ0) is 14.8. The molecule has 6 nitrogen and oxygen atoms in total. The molecular formula is C13H28N4O2S. The van der Waals surface area contributed by atoms with Gasteiger partial charge >= 0.3 is 0 Å². The molecule has 7 heteroatoms. The molecule has 2 aliphatic rings. The highest BCUT2D eigenvalue weighted by atomic mass is 32.2. The van der Waals surface area contributed by atoms with Crippen molar-refractivity contribution in [2.45, 2.75) is 45.2 Å². The van der Waals surface area contributed by atoms with Gasteiger partial charge in [-0.2, -0.15) is 17.0 Å². The van der Waals surface area contributed by atoms with Gasteiger partial charge in [0.1, 0.15) is 0 Å². The summed E-state index contributed by atoms with van der Waals surface area (Å²) in [7, 11) is -3.27. The molecule has 0 bridgehead atoms. The first kappa shape index (κ1) is 16.2. The Morgan fingerprint density at radius 1 is 1.10 bits per heavy atom. The molecule has 2 heterocycles. The molecule has 2 rings (SSSR count). The van der Waals surface area contributed by atoms with Gasteiger partial charge in [0.25, 0.3) is 10.2 Å².